The van der Waals surface area contributed by atoms with Crippen LogP contribution in [-0.2, 0) is 16.4 Å². The van der Waals surface area contributed by atoms with Crippen LogP contribution in [0, 0.1) is 0 Å². The molecule has 80 valence electrons. The highest BCUT2D eigenvalue weighted by Gasteiger charge is 2.20. The number of furan rings is 1. The fourth-order valence-corrected chi connectivity index (χ4v) is 1.85. The fraction of sp³-hybridized carbons (Fsp3) is 0.636. The van der Waals surface area contributed by atoms with Gasteiger partial charge in [-0.2, -0.15) is 0 Å². The van der Waals surface area contributed by atoms with Gasteiger partial charge >= 0.3 is 0 Å². The van der Waals surface area contributed by atoms with Gasteiger partial charge in [-0.1, -0.05) is 20.8 Å². The Morgan fingerprint density at radius 3 is 2.50 bits per heavy atom. The van der Waals surface area contributed by atoms with E-state index >= 15 is 0 Å². The van der Waals surface area contributed by atoms with Crippen molar-refractivity contribution < 1.29 is 8.84 Å². The summed E-state index contributed by atoms with van der Waals surface area (Å²) >= 11 is 0. The molecule has 0 bridgehead atoms. The van der Waals surface area contributed by atoms with E-state index in [1.807, 2.05) is 6.07 Å². The molecular formula is C11H20O2Si. The van der Waals surface area contributed by atoms with Crippen molar-refractivity contribution in [2.24, 2.45) is 0 Å². The van der Waals surface area contributed by atoms with Crippen molar-refractivity contribution in [3.8, 4) is 0 Å². The van der Waals surface area contributed by atoms with Crippen LogP contribution >= 0.6 is 0 Å². The topological polar surface area (TPSA) is 22.4 Å². The predicted octanol–water partition coefficient (Wildman–Crippen LogP) is 3.08. The van der Waals surface area contributed by atoms with Gasteiger partial charge in [0.05, 0.1) is 12.9 Å². The molecule has 0 aliphatic carbocycles. The zero-order chi connectivity index (χ0) is 10.8. The normalized spacial score (nSPS) is 12.4. The van der Waals surface area contributed by atoms with E-state index in [1.165, 1.54) is 5.56 Å². The monoisotopic (exact) mass is 212 g/mol. The van der Waals surface area contributed by atoms with Crippen LogP contribution in [0.15, 0.2) is 16.7 Å². The molecule has 0 saturated heterocycles. The van der Waals surface area contributed by atoms with Crippen LogP contribution in [0.25, 0.3) is 0 Å². The van der Waals surface area contributed by atoms with Crippen LogP contribution < -0.4 is 0 Å². The summed E-state index contributed by atoms with van der Waals surface area (Å²) in [5.74, 6) is 0.985. The Morgan fingerprint density at radius 1 is 1.36 bits per heavy atom. The first-order valence-corrected chi connectivity index (χ1v) is 7.88. The largest absolute Gasteiger partial charge is 0.467 e. The Bertz CT molecular complexity index is 284. The molecule has 0 aliphatic heterocycles. The van der Waals surface area contributed by atoms with E-state index in [9.17, 15) is 0 Å². The van der Waals surface area contributed by atoms with E-state index in [1.54, 1.807) is 6.26 Å². The van der Waals surface area contributed by atoms with Crippen LogP contribution in [0.3, 0.4) is 0 Å². The quantitative estimate of drug-likeness (QED) is 0.718. The Labute approximate surface area is 88.0 Å². The lowest BCUT2D eigenvalue weighted by Crippen LogP contribution is -2.14. The van der Waals surface area contributed by atoms with Crippen LogP contribution in [0.1, 0.15) is 32.1 Å². The SMILES string of the molecule is C[SiH](C)OCc1occc1C(C)(C)C. The maximum Gasteiger partial charge on any atom is 0.171 e. The minimum Gasteiger partial charge on any atom is -0.467 e. The van der Waals surface area contributed by atoms with Crippen molar-refractivity contribution in [2.75, 3.05) is 0 Å². The first kappa shape index (κ1) is 11.5. The van der Waals surface area contributed by atoms with E-state index in [0.717, 1.165) is 5.76 Å². The predicted molar refractivity (Wildman–Crippen MR) is 61.1 cm³/mol. The lowest BCUT2D eigenvalue weighted by Gasteiger charge is -2.18. The molecule has 0 radical (unpaired) electrons. The van der Waals surface area contributed by atoms with Gasteiger partial charge in [-0.25, -0.2) is 0 Å². The Morgan fingerprint density at radius 2 is 2.00 bits per heavy atom. The second kappa shape index (κ2) is 4.32. The summed E-state index contributed by atoms with van der Waals surface area (Å²) in [5, 5.41) is 0. The van der Waals surface area contributed by atoms with Gasteiger partial charge in [-0.05, 0) is 24.6 Å². The fourth-order valence-electron chi connectivity index (χ4n) is 1.36. The van der Waals surface area contributed by atoms with Gasteiger partial charge in [0.15, 0.2) is 9.04 Å². The molecule has 1 aromatic rings. The summed E-state index contributed by atoms with van der Waals surface area (Å²) in [7, 11) is -0.950. The van der Waals surface area contributed by atoms with Crippen molar-refractivity contribution in [3.63, 3.8) is 0 Å². The van der Waals surface area contributed by atoms with Crippen LogP contribution in [0.5, 0.6) is 0 Å². The summed E-state index contributed by atoms with van der Waals surface area (Å²) in [5.41, 5.74) is 1.40. The highest BCUT2D eigenvalue weighted by Crippen LogP contribution is 2.27. The molecule has 3 heteroatoms. The maximum absolute atomic E-state index is 5.67. The van der Waals surface area contributed by atoms with Crippen LogP contribution in [-0.4, -0.2) is 9.04 Å². The molecule has 1 aromatic heterocycles. The average Bonchev–Trinajstić information content (AvgIpc) is 2.46. The highest BCUT2D eigenvalue weighted by atomic mass is 28.3. The summed E-state index contributed by atoms with van der Waals surface area (Å²) < 4.78 is 11.1. The molecule has 0 N–H and O–H groups in total. The molecule has 2 nitrogen and oxygen atoms in total. The van der Waals surface area contributed by atoms with E-state index < -0.39 is 9.04 Å². The Hall–Kier alpha value is -0.543. The van der Waals surface area contributed by atoms with Gasteiger partial charge in [0.2, 0.25) is 0 Å². The van der Waals surface area contributed by atoms with E-state index in [4.69, 9.17) is 8.84 Å². The van der Waals surface area contributed by atoms with Crippen molar-refractivity contribution in [3.05, 3.63) is 23.7 Å². The third-order valence-corrected chi connectivity index (χ3v) is 2.93. The van der Waals surface area contributed by atoms with Crippen molar-refractivity contribution in [2.45, 2.75) is 45.9 Å². The van der Waals surface area contributed by atoms with Crippen LogP contribution in [0.4, 0.5) is 0 Å². The smallest absolute Gasteiger partial charge is 0.171 e. The molecule has 0 atom stereocenters. The first-order chi connectivity index (χ1) is 6.41. The zero-order valence-electron chi connectivity index (χ0n) is 9.76. The molecule has 0 fully saturated rings. The molecule has 0 aromatic carbocycles. The number of hydrogen-bond donors (Lipinski definition) is 0. The third-order valence-electron chi connectivity index (χ3n) is 2.10. The standard InChI is InChI=1S/C11H20O2Si/c1-11(2,3)9-6-7-12-10(9)8-13-14(4)5/h6-7,14H,8H2,1-5H3. The lowest BCUT2D eigenvalue weighted by molar-refractivity contribution is 0.271. The lowest BCUT2D eigenvalue weighted by atomic mass is 9.87. The van der Waals surface area contributed by atoms with E-state index in [0.29, 0.717) is 6.61 Å². The first-order valence-electron chi connectivity index (χ1n) is 5.09. The molecular weight excluding hydrogens is 192 g/mol. The van der Waals surface area contributed by atoms with Gasteiger partial charge in [0, 0.05) is 5.56 Å². The molecule has 14 heavy (non-hydrogen) atoms. The van der Waals surface area contributed by atoms with Crippen molar-refractivity contribution in [1.82, 2.24) is 0 Å². The Balaban J connectivity index is 2.73. The average molecular weight is 212 g/mol. The Kier molecular flexibility index (Phi) is 3.56. The minimum absolute atomic E-state index is 0.143. The highest BCUT2D eigenvalue weighted by molar-refractivity contribution is 6.48. The second-order valence-corrected chi connectivity index (χ2v) is 7.30. The molecule has 0 spiro atoms. The van der Waals surface area contributed by atoms with Crippen molar-refractivity contribution in [1.29, 1.82) is 0 Å². The molecule has 0 aliphatic rings. The summed E-state index contributed by atoms with van der Waals surface area (Å²) in [6.07, 6.45) is 1.75. The minimum atomic E-state index is -0.950. The van der Waals surface area contributed by atoms with Crippen molar-refractivity contribution >= 4 is 9.04 Å². The summed E-state index contributed by atoms with van der Waals surface area (Å²) in [6.45, 7) is 11.5. The third kappa shape index (κ3) is 2.99. The molecule has 1 heterocycles. The zero-order valence-corrected chi connectivity index (χ0v) is 10.9. The van der Waals surface area contributed by atoms with Crippen LogP contribution in [0.2, 0.25) is 13.1 Å². The molecule has 0 amide bonds. The van der Waals surface area contributed by atoms with E-state index in [2.05, 4.69) is 33.9 Å². The summed E-state index contributed by atoms with van der Waals surface area (Å²) in [6, 6.07) is 2.04. The number of rotatable bonds is 3. The van der Waals surface area contributed by atoms with Gasteiger partial charge in [0.25, 0.3) is 0 Å². The van der Waals surface area contributed by atoms with Gasteiger partial charge < -0.3 is 8.84 Å². The summed E-state index contributed by atoms with van der Waals surface area (Å²) in [4.78, 5) is 0. The van der Waals surface area contributed by atoms with E-state index in [-0.39, 0.29) is 5.41 Å². The molecule has 0 saturated carbocycles. The van der Waals surface area contributed by atoms with Gasteiger partial charge in [0.1, 0.15) is 5.76 Å². The maximum atomic E-state index is 5.67. The second-order valence-electron chi connectivity index (χ2n) is 4.87. The van der Waals surface area contributed by atoms with Gasteiger partial charge in [-0.3, -0.25) is 0 Å². The number of hydrogen-bond acceptors (Lipinski definition) is 2. The van der Waals surface area contributed by atoms with Gasteiger partial charge in [-0.15, -0.1) is 0 Å². The molecule has 0 unspecified atom stereocenters. The molecule has 1 rings (SSSR count).